The predicted octanol–water partition coefficient (Wildman–Crippen LogP) is 2.76. The first-order chi connectivity index (χ1) is 12.3. The Kier molecular flexibility index (Phi) is 5.69. The number of amides is 2. The molecule has 0 aromatic heterocycles. The Hall–Kier alpha value is -3.68. The Morgan fingerprint density at radius 1 is 1.19 bits per heavy atom. The summed E-state index contributed by atoms with van der Waals surface area (Å²) >= 11 is 0. The van der Waals surface area contributed by atoms with E-state index in [2.05, 4.69) is 15.4 Å². The van der Waals surface area contributed by atoms with Crippen LogP contribution in [0, 0.1) is 5.41 Å². The zero-order valence-electron chi connectivity index (χ0n) is 14.1. The van der Waals surface area contributed by atoms with E-state index in [1.807, 2.05) is 0 Å². The van der Waals surface area contributed by atoms with Gasteiger partial charge in [0.1, 0.15) is 11.5 Å². The van der Waals surface area contributed by atoms with Crippen LogP contribution in [0.25, 0.3) is 11.1 Å². The molecule has 4 N–H and O–H groups in total. The van der Waals surface area contributed by atoms with Gasteiger partial charge < -0.3 is 15.2 Å². The summed E-state index contributed by atoms with van der Waals surface area (Å²) in [6.45, 7) is 1.38. The lowest BCUT2D eigenvalue weighted by molar-refractivity contribution is -0.114. The first kappa shape index (κ1) is 18.7. The molecular formula is C18H17N3O5. The van der Waals surface area contributed by atoms with E-state index in [0.717, 1.165) is 0 Å². The molecule has 0 aliphatic carbocycles. The van der Waals surface area contributed by atoms with E-state index in [1.165, 1.54) is 26.2 Å². The quantitative estimate of drug-likeness (QED) is 0.484. The molecule has 0 saturated heterocycles. The van der Waals surface area contributed by atoms with Crippen molar-refractivity contribution in [2.45, 2.75) is 6.92 Å². The van der Waals surface area contributed by atoms with Gasteiger partial charge in [0.15, 0.2) is 6.29 Å². The predicted molar refractivity (Wildman–Crippen MR) is 96.8 cm³/mol. The summed E-state index contributed by atoms with van der Waals surface area (Å²) in [6.07, 6.45) is -0.443. The highest BCUT2D eigenvalue weighted by Crippen LogP contribution is 2.35. The zero-order valence-corrected chi connectivity index (χ0v) is 14.1. The molecule has 0 fully saturated rings. The van der Waals surface area contributed by atoms with Crippen molar-refractivity contribution in [3.63, 3.8) is 0 Å². The number of benzene rings is 2. The Balaban J connectivity index is 2.63. The number of rotatable bonds is 5. The van der Waals surface area contributed by atoms with Crippen LogP contribution < -0.4 is 10.6 Å². The zero-order chi connectivity index (χ0) is 19.3. The monoisotopic (exact) mass is 355 g/mol. The van der Waals surface area contributed by atoms with Gasteiger partial charge in [-0.15, -0.1) is 0 Å². The van der Waals surface area contributed by atoms with Crippen LogP contribution in [0.2, 0.25) is 0 Å². The van der Waals surface area contributed by atoms with E-state index in [0.29, 0.717) is 23.1 Å². The summed E-state index contributed by atoms with van der Waals surface area (Å²) in [4.78, 5) is 33.8. The number of hydrogen-bond donors (Lipinski definition) is 4. The first-order valence-corrected chi connectivity index (χ1v) is 7.49. The maximum atomic E-state index is 11.6. The smallest absolute Gasteiger partial charge is 0.411 e. The lowest BCUT2D eigenvalue weighted by atomic mass is 9.97. The SMILES string of the molecule is COC(=O)Nc1cc(O)c(C(=N)C=O)cc1-c1cccc(NC(C)=O)c1. The fourth-order valence-corrected chi connectivity index (χ4v) is 2.34. The fourth-order valence-electron chi connectivity index (χ4n) is 2.34. The minimum atomic E-state index is -0.748. The normalized spacial score (nSPS) is 9.92. The summed E-state index contributed by atoms with van der Waals surface area (Å²) in [7, 11) is 1.20. The van der Waals surface area contributed by atoms with Crippen LogP contribution in [0.15, 0.2) is 36.4 Å². The van der Waals surface area contributed by atoms with E-state index < -0.39 is 11.8 Å². The van der Waals surface area contributed by atoms with Crippen molar-refractivity contribution in [1.82, 2.24) is 0 Å². The molecule has 0 atom stereocenters. The lowest BCUT2D eigenvalue weighted by Gasteiger charge is -2.15. The second-order valence-corrected chi connectivity index (χ2v) is 5.33. The van der Waals surface area contributed by atoms with Gasteiger partial charge in [-0.05, 0) is 23.8 Å². The van der Waals surface area contributed by atoms with Crippen molar-refractivity contribution in [3.05, 3.63) is 42.0 Å². The van der Waals surface area contributed by atoms with Gasteiger partial charge in [0.05, 0.1) is 12.8 Å². The van der Waals surface area contributed by atoms with E-state index in [9.17, 15) is 19.5 Å². The molecule has 0 bridgehead atoms. The standard InChI is InChI=1S/C18H17N3O5/c1-10(23)20-12-5-3-4-11(6-12)13-7-14(15(19)9-22)17(24)8-16(13)21-18(25)26-2/h3-9,19,24H,1-2H3,(H,20,23)(H,21,25). The minimum Gasteiger partial charge on any atom is -0.507 e. The molecule has 2 rings (SSSR count). The number of hydrogen-bond acceptors (Lipinski definition) is 6. The van der Waals surface area contributed by atoms with E-state index in [1.54, 1.807) is 24.3 Å². The van der Waals surface area contributed by atoms with Crippen LogP contribution >= 0.6 is 0 Å². The number of nitrogens with one attached hydrogen (secondary N) is 3. The van der Waals surface area contributed by atoms with Gasteiger partial charge in [0.25, 0.3) is 0 Å². The summed E-state index contributed by atoms with van der Waals surface area (Å²) in [5.41, 5.74) is 1.36. The summed E-state index contributed by atoms with van der Waals surface area (Å²) < 4.78 is 4.57. The van der Waals surface area contributed by atoms with Gasteiger partial charge >= 0.3 is 6.09 Å². The molecule has 0 unspecified atom stereocenters. The van der Waals surface area contributed by atoms with E-state index in [-0.39, 0.29) is 22.9 Å². The molecule has 26 heavy (non-hydrogen) atoms. The van der Waals surface area contributed by atoms with E-state index in [4.69, 9.17) is 5.41 Å². The van der Waals surface area contributed by atoms with Crippen molar-refractivity contribution < 1.29 is 24.2 Å². The molecule has 2 amide bonds. The highest BCUT2D eigenvalue weighted by molar-refractivity contribution is 6.35. The highest BCUT2D eigenvalue weighted by atomic mass is 16.5. The van der Waals surface area contributed by atoms with Crippen LogP contribution in [0.3, 0.4) is 0 Å². The number of phenolic OH excluding ortho intramolecular Hbond substituents is 1. The molecule has 0 aliphatic rings. The minimum absolute atomic E-state index is 0.00958. The van der Waals surface area contributed by atoms with Crippen molar-refractivity contribution in [2.75, 3.05) is 17.7 Å². The Labute approximate surface area is 149 Å². The molecule has 2 aromatic carbocycles. The third-order valence-corrected chi connectivity index (χ3v) is 3.46. The lowest BCUT2D eigenvalue weighted by Crippen LogP contribution is -2.12. The topological polar surface area (TPSA) is 129 Å². The number of aldehydes is 1. The second-order valence-electron chi connectivity index (χ2n) is 5.33. The molecule has 0 spiro atoms. The Bertz CT molecular complexity index is 892. The maximum Gasteiger partial charge on any atom is 0.411 e. The number of phenols is 1. The van der Waals surface area contributed by atoms with Gasteiger partial charge in [-0.3, -0.25) is 20.3 Å². The van der Waals surface area contributed by atoms with Gasteiger partial charge in [0, 0.05) is 29.8 Å². The maximum absolute atomic E-state index is 11.6. The van der Waals surface area contributed by atoms with Gasteiger partial charge in [0.2, 0.25) is 5.91 Å². The number of ether oxygens (including phenoxy) is 1. The Morgan fingerprint density at radius 2 is 1.92 bits per heavy atom. The molecule has 8 nitrogen and oxygen atoms in total. The van der Waals surface area contributed by atoms with Crippen LogP contribution in [-0.4, -0.2) is 36.2 Å². The molecule has 0 aliphatic heterocycles. The van der Waals surface area contributed by atoms with Crippen molar-refractivity contribution >= 4 is 35.4 Å². The molecular weight excluding hydrogens is 338 g/mol. The van der Waals surface area contributed by atoms with Crippen molar-refractivity contribution in [3.8, 4) is 16.9 Å². The number of carbonyl (C=O) groups excluding carboxylic acids is 3. The average molecular weight is 355 g/mol. The number of methoxy groups -OCH3 is 1. The van der Waals surface area contributed by atoms with Crippen LogP contribution in [0.5, 0.6) is 5.75 Å². The third-order valence-electron chi connectivity index (χ3n) is 3.46. The van der Waals surface area contributed by atoms with Crippen molar-refractivity contribution in [2.24, 2.45) is 0 Å². The van der Waals surface area contributed by atoms with Gasteiger partial charge in [-0.25, -0.2) is 4.79 Å². The molecule has 8 heteroatoms. The number of carbonyl (C=O) groups is 3. The first-order valence-electron chi connectivity index (χ1n) is 7.49. The summed E-state index contributed by atoms with van der Waals surface area (Å²) in [5.74, 6) is -0.584. The van der Waals surface area contributed by atoms with Crippen molar-refractivity contribution in [1.29, 1.82) is 5.41 Å². The third kappa shape index (κ3) is 4.23. The number of anilines is 2. The average Bonchev–Trinajstić information content (AvgIpc) is 2.60. The van der Waals surface area contributed by atoms with E-state index >= 15 is 0 Å². The highest BCUT2D eigenvalue weighted by Gasteiger charge is 2.16. The Morgan fingerprint density at radius 3 is 2.54 bits per heavy atom. The molecule has 0 saturated carbocycles. The van der Waals surface area contributed by atoms with Crippen LogP contribution in [0.4, 0.5) is 16.2 Å². The van der Waals surface area contributed by atoms with Crippen LogP contribution in [-0.2, 0) is 14.3 Å². The molecule has 0 heterocycles. The molecule has 134 valence electrons. The molecule has 2 aromatic rings. The second kappa shape index (κ2) is 7.93. The largest absolute Gasteiger partial charge is 0.507 e. The summed E-state index contributed by atoms with van der Waals surface area (Å²) in [5, 5.41) is 22.9. The summed E-state index contributed by atoms with van der Waals surface area (Å²) in [6, 6.07) is 9.39. The number of aromatic hydroxyl groups is 1. The fraction of sp³-hybridized carbons (Fsp3) is 0.111. The molecule has 0 radical (unpaired) electrons. The van der Waals surface area contributed by atoms with Crippen LogP contribution in [0.1, 0.15) is 12.5 Å². The van der Waals surface area contributed by atoms with Gasteiger partial charge in [-0.2, -0.15) is 0 Å². The van der Waals surface area contributed by atoms with Gasteiger partial charge in [-0.1, -0.05) is 12.1 Å².